The smallest absolute Gasteiger partial charge is 0.162 e. The second-order valence-electron chi connectivity index (χ2n) is 5.40. The second kappa shape index (κ2) is 3.34. The third kappa shape index (κ3) is 1.69. The first-order chi connectivity index (χ1) is 6.94. The Hall–Kier alpha value is -0.830. The van der Waals surface area contributed by atoms with E-state index in [4.69, 9.17) is 0 Å². The number of ketones is 1. The largest absolute Gasteiger partial charge is 0.312 e. The van der Waals surface area contributed by atoms with Crippen molar-refractivity contribution in [3.63, 3.8) is 0 Å². The maximum absolute atomic E-state index is 12.0. The third-order valence-electron chi connectivity index (χ3n) is 3.32. The standard InChI is InChI=1S/C12H20N2O/c1-5-14-9-6-12(3,4)7-10(15)11(9)8(2)13-14/h8,13H,5-7H2,1-4H3. The first kappa shape index (κ1) is 10.7. The maximum atomic E-state index is 12.0. The Morgan fingerprint density at radius 3 is 2.73 bits per heavy atom. The number of hydrogen-bond acceptors (Lipinski definition) is 3. The molecule has 2 rings (SSSR count). The summed E-state index contributed by atoms with van der Waals surface area (Å²) in [6.07, 6.45) is 1.70. The highest BCUT2D eigenvalue weighted by atomic mass is 16.1. The molecule has 3 heteroatoms. The van der Waals surface area contributed by atoms with Gasteiger partial charge >= 0.3 is 0 Å². The van der Waals surface area contributed by atoms with E-state index >= 15 is 0 Å². The third-order valence-corrected chi connectivity index (χ3v) is 3.32. The zero-order valence-electron chi connectivity index (χ0n) is 10.1. The first-order valence-electron chi connectivity index (χ1n) is 5.74. The quantitative estimate of drug-likeness (QED) is 0.714. The minimum absolute atomic E-state index is 0.120. The van der Waals surface area contributed by atoms with Gasteiger partial charge < -0.3 is 5.01 Å². The summed E-state index contributed by atoms with van der Waals surface area (Å²) in [5, 5.41) is 2.14. The van der Waals surface area contributed by atoms with Crippen molar-refractivity contribution in [3.8, 4) is 0 Å². The van der Waals surface area contributed by atoms with Crippen LogP contribution < -0.4 is 5.43 Å². The molecule has 1 heterocycles. The minimum Gasteiger partial charge on any atom is -0.312 e. The minimum atomic E-state index is 0.120. The van der Waals surface area contributed by atoms with Gasteiger partial charge in [-0.1, -0.05) is 13.8 Å². The van der Waals surface area contributed by atoms with Crippen LogP contribution >= 0.6 is 0 Å². The van der Waals surface area contributed by atoms with E-state index in [0.717, 1.165) is 18.5 Å². The summed E-state index contributed by atoms with van der Waals surface area (Å²) in [4.78, 5) is 12.0. The number of rotatable bonds is 1. The lowest BCUT2D eigenvalue weighted by Crippen LogP contribution is -2.36. The highest BCUT2D eigenvalue weighted by molar-refractivity contribution is 5.99. The number of hydrazine groups is 1. The maximum Gasteiger partial charge on any atom is 0.162 e. The summed E-state index contributed by atoms with van der Waals surface area (Å²) in [5.74, 6) is 0.331. The molecule has 0 aromatic rings. The molecule has 84 valence electrons. The Balaban J connectivity index is 2.38. The lowest BCUT2D eigenvalue weighted by molar-refractivity contribution is -0.118. The molecule has 0 bridgehead atoms. The summed E-state index contributed by atoms with van der Waals surface area (Å²) >= 11 is 0. The first-order valence-corrected chi connectivity index (χ1v) is 5.74. The Bertz CT molecular complexity index is 331. The van der Waals surface area contributed by atoms with Gasteiger partial charge in [0, 0.05) is 24.2 Å². The van der Waals surface area contributed by atoms with Crippen LogP contribution in [0.3, 0.4) is 0 Å². The van der Waals surface area contributed by atoms with Crippen LogP contribution in [0, 0.1) is 5.41 Å². The summed E-state index contributed by atoms with van der Waals surface area (Å²) in [5.41, 5.74) is 5.72. The number of hydrogen-bond donors (Lipinski definition) is 1. The van der Waals surface area contributed by atoms with Crippen molar-refractivity contribution in [1.29, 1.82) is 0 Å². The Labute approximate surface area is 91.5 Å². The molecular formula is C12H20N2O. The molecule has 1 N–H and O–H groups in total. The zero-order valence-corrected chi connectivity index (χ0v) is 10.1. The highest BCUT2D eigenvalue weighted by Crippen LogP contribution is 2.40. The average Bonchev–Trinajstić information content (AvgIpc) is 2.40. The monoisotopic (exact) mass is 208 g/mol. The zero-order chi connectivity index (χ0) is 11.2. The topological polar surface area (TPSA) is 32.3 Å². The average molecular weight is 208 g/mol. The SMILES string of the molecule is CCN1NC(C)C2=C1CC(C)(C)CC2=O. The fourth-order valence-electron chi connectivity index (χ4n) is 2.69. The number of nitrogens with one attached hydrogen (secondary N) is 1. The summed E-state index contributed by atoms with van der Waals surface area (Å²) in [7, 11) is 0. The van der Waals surface area contributed by atoms with E-state index in [9.17, 15) is 4.79 Å². The van der Waals surface area contributed by atoms with E-state index in [-0.39, 0.29) is 11.5 Å². The molecule has 0 aromatic heterocycles. The molecule has 3 nitrogen and oxygen atoms in total. The highest BCUT2D eigenvalue weighted by Gasteiger charge is 2.40. The van der Waals surface area contributed by atoms with E-state index in [1.165, 1.54) is 5.70 Å². The number of nitrogens with zero attached hydrogens (tertiary/aromatic N) is 1. The van der Waals surface area contributed by atoms with Crippen molar-refractivity contribution in [2.24, 2.45) is 5.41 Å². The van der Waals surface area contributed by atoms with E-state index < -0.39 is 0 Å². The molecule has 0 spiro atoms. The lowest BCUT2D eigenvalue weighted by Gasteiger charge is -2.32. The van der Waals surface area contributed by atoms with Crippen molar-refractivity contribution in [3.05, 3.63) is 11.3 Å². The summed E-state index contributed by atoms with van der Waals surface area (Å²) < 4.78 is 0. The Morgan fingerprint density at radius 1 is 1.47 bits per heavy atom. The van der Waals surface area contributed by atoms with Crippen LogP contribution in [0.2, 0.25) is 0 Å². The second-order valence-corrected chi connectivity index (χ2v) is 5.40. The predicted octanol–water partition coefficient (Wildman–Crippen LogP) is 1.86. The molecule has 1 aliphatic carbocycles. The van der Waals surface area contributed by atoms with E-state index in [2.05, 4.69) is 38.1 Å². The van der Waals surface area contributed by atoms with Gasteiger partial charge in [0.2, 0.25) is 0 Å². The van der Waals surface area contributed by atoms with Gasteiger partial charge in [-0.05, 0) is 25.7 Å². The van der Waals surface area contributed by atoms with Crippen LogP contribution in [-0.2, 0) is 4.79 Å². The molecule has 0 fully saturated rings. The van der Waals surface area contributed by atoms with Gasteiger partial charge in [-0.25, -0.2) is 5.43 Å². The van der Waals surface area contributed by atoms with Crippen LogP contribution in [0.1, 0.15) is 40.5 Å². The van der Waals surface area contributed by atoms with Gasteiger partial charge in [0.25, 0.3) is 0 Å². The van der Waals surface area contributed by atoms with Crippen molar-refractivity contribution in [2.45, 2.75) is 46.6 Å². The van der Waals surface area contributed by atoms with Crippen LogP contribution in [0.4, 0.5) is 0 Å². The van der Waals surface area contributed by atoms with Crippen LogP contribution in [-0.4, -0.2) is 23.4 Å². The number of Topliss-reactive ketones (excluding diaryl/α,β-unsaturated/α-hetero) is 1. The number of carbonyl (C=O) groups is 1. The Kier molecular flexibility index (Phi) is 2.38. The van der Waals surface area contributed by atoms with Gasteiger partial charge in [0.1, 0.15) is 0 Å². The van der Waals surface area contributed by atoms with Crippen molar-refractivity contribution in [2.75, 3.05) is 6.54 Å². The van der Waals surface area contributed by atoms with E-state index in [1.54, 1.807) is 0 Å². The van der Waals surface area contributed by atoms with Crippen molar-refractivity contribution in [1.82, 2.24) is 10.4 Å². The van der Waals surface area contributed by atoms with E-state index in [0.29, 0.717) is 12.2 Å². The molecule has 1 aliphatic heterocycles. The molecule has 15 heavy (non-hydrogen) atoms. The van der Waals surface area contributed by atoms with Gasteiger partial charge in [-0.3, -0.25) is 4.79 Å². The predicted molar refractivity (Wildman–Crippen MR) is 60.0 cm³/mol. The fourth-order valence-corrected chi connectivity index (χ4v) is 2.69. The summed E-state index contributed by atoms with van der Waals surface area (Å²) in [6.45, 7) is 9.45. The van der Waals surface area contributed by atoms with Crippen LogP contribution in [0.15, 0.2) is 11.3 Å². The fraction of sp³-hybridized carbons (Fsp3) is 0.750. The Morgan fingerprint density at radius 2 is 2.13 bits per heavy atom. The summed E-state index contributed by atoms with van der Waals surface area (Å²) in [6, 6.07) is 0.198. The molecule has 2 aliphatic rings. The van der Waals surface area contributed by atoms with Gasteiger partial charge in [-0.2, -0.15) is 0 Å². The molecule has 0 amide bonds. The van der Waals surface area contributed by atoms with Gasteiger partial charge in [-0.15, -0.1) is 0 Å². The molecule has 0 saturated heterocycles. The molecule has 0 radical (unpaired) electrons. The normalized spacial score (nSPS) is 29.7. The number of carbonyl (C=O) groups excluding carboxylic acids is 1. The molecular weight excluding hydrogens is 188 g/mol. The van der Waals surface area contributed by atoms with Crippen molar-refractivity contribution >= 4 is 5.78 Å². The van der Waals surface area contributed by atoms with Gasteiger partial charge in [0.15, 0.2) is 5.78 Å². The van der Waals surface area contributed by atoms with Crippen LogP contribution in [0.5, 0.6) is 0 Å². The van der Waals surface area contributed by atoms with Crippen molar-refractivity contribution < 1.29 is 4.79 Å². The molecule has 0 aromatic carbocycles. The number of allylic oxidation sites excluding steroid dienone is 1. The lowest BCUT2D eigenvalue weighted by atomic mass is 9.75. The molecule has 1 unspecified atom stereocenters. The van der Waals surface area contributed by atoms with Gasteiger partial charge in [0.05, 0.1) is 6.04 Å². The van der Waals surface area contributed by atoms with Crippen LogP contribution in [0.25, 0.3) is 0 Å². The van der Waals surface area contributed by atoms with E-state index in [1.807, 2.05) is 0 Å². The molecule has 1 atom stereocenters. The molecule has 0 saturated carbocycles.